The number of amides is 2. The summed E-state index contributed by atoms with van der Waals surface area (Å²) in [6, 6.07) is 11.3. The Morgan fingerprint density at radius 1 is 1.25 bits per heavy atom. The van der Waals surface area contributed by atoms with Crippen molar-refractivity contribution >= 4 is 34.9 Å². The largest absolute Gasteiger partial charge is 0.508 e. The number of rotatable bonds is 6. The Morgan fingerprint density at radius 3 is 2.64 bits per heavy atom. The van der Waals surface area contributed by atoms with E-state index in [-0.39, 0.29) is 17.9 Å². The van der Waals surface area contributed by atoms with Gasteiger partial charge in [-0.2, -0.15) is 13.2 Å². The Bertz CT molecular complexity index is 1170. The van der Waals surface area contributed by atoms with Crippen molar-refractivity contribution in [3.63, 3.8) is 0 Å². The molecule has 0 unspecified atom stereocenters. The first-order valence-electron chi connectivity index (χ1n) is 11.1. The summed E-state index contributed by atoms with van der Waals surface area (Å²) in [5.74, 6) is -0.512. The molecule has 0 spiro atoms. The highest BCUT2D eigenvalue weighted by molar-refractivity contribution is 6.30. The smallest absolute Gasteiger partial charge is 0.390 e. The lowest BCUT2D eigenvalue weighted by molar-refractivity contribution is -0.135. The molecule has 0 aromatic heterocycles. The quantitative estimate of drug-likeness (QED) is 0.286. The van der Waals surface area contributed by atoms with Gasteiger partial charge in [-0.1, -0.05) is 17.7 Å². The van der Waals surface area contributed by atoms with Gasteiger partial charge in [-0.15, -0.1) is 0 Å². The van der Waals surface area contributed by atoms with Gasteiger partial charge in [0, 0.05) is 29.4 Å². The Morgan fingerprint density at radius 2 is 1.97 bits per heavy atom. The van der Waals surface area contributed by atoms with Gasteiger partial charge < -0.3 is 21.5 Å². The maximum atomic E-state index is 12.9. The number of phenolic OH excluding ortho intramolecular Hbond substituents is 1. The highest BCUT2D eigenvalue weighted by Crippen LogP contribution is 2.22. The third-order valence-electron chi connectivity index (χ3n) is 5.36. The topological polar surface area (TPSA) is 127 Å². The minimum Gasteiger partial charge on any atom is -0.508 e. The van der Waals surface area contributed by atoms with Crippen molar-refractivity contribution in [1.82, 2.24) is 15.5 Å². The number of phenols is 1. The summed E-state index contributed by atoms with van der Waals surface area (Å²) in [4.78, 5) is 18.2. The lowest BCUT2D eigenvalue weighted by atomic mass is 10.0. The maximum absolute atomic E-state index is 12.9. The summed E-state index contributed by atoms with van der Waals surface area (Å²) < 4.78 is 38.7. The van der Waals surface area contributed by atoms with E-state index in [4.69, 9.17) is 22.7 Å². The molecule has 1 aliphatic heterocycles. The van der Waals surface area contributed by atoms with Crippen molar-refractivity contribution in [2.45, 2.75) is 19.0 Å². The third kappa shape index (κ3) is 7.72. The number of nitrogens with two attached hydrogens (primary N) is 1. The van der Waals surface area contributed by atoms with E-state index in [0.717, 1.165) is 5.57 Å². The highest BCUT2D eigenvalue weighted by Gasteiger charge is 2.31. The first kappa shape index (κ1) is 27.0. The van der Waals surface area contributed by atoms with Crippen molar-refractivity contribution in [1.29, 1.82) is 5.41 Å². The number of nitrogens with zero attached hydrogens (tertiary/aromatic N) is 2. The maximum Gasteiger partial charge on any atom is 0.390 e. The molecule has 2 aromatic rings. The van der Waals surface area contributed by atoms with E-state index in [9.17, 15) is 23.1 Å². The molecule has 1 fully saturated rings. The van der Waals surface area contributed by atoms with Crippen LogP contribution in [0.3, 0.4) is 0 Å². The lowest BCUT2D eigenvalue weighted by Crippen LogP contribution is -2.46. The summed E-state index contributed by atoms with van der Waals surface area (Å²) in [6.45, 7) is 0.187. The zero-order valence-electron chi connectivity index (χ0n) is 19.2. The van der Waals surface area contributed by atoms with Gasteiger partial charge in [-0.25, -0.2) is 4.79 Å². The SMILES string of the molecule is N=C(c1ccc(O)cc1)N(CCC(F)(F)F)C(=O)NC/C(N)=C1\CCNCC1=Nc1cccc(Cl)c1. The van der Waals surface area contributed by atoms with Crippen LogP contribution < -0.4 is 16.4 Å². The van der Waals surface area contributed by atoms with Crippen molar-refractivity contribution in [2.75, 3.05) is 26.2 Å². The number of nitrogens with one attached hydrogen (secondary N) is 3. The molecule has 1 heterocycles. The van der Waals surface area contributed by atoms with Gasteiger partial charge >= 0.3 is 12.2 Å². The second-order valence-electron chi connectivity index (χ2n) is 8.04. The van der Waals surface area contributed by atoms with E-state index in [1.54, 1.807) is 24.3 Å². The molecule has 0 bridgehead atoms. The van der Waals surface area contributed by atoms with Crippen molar-refractivity contribution < 1.29 is 23.1 Å². The number of aliphatic imine (C=N–C) groups is 1. The second kappa shape index (κ2) is 11.9. The Hall–Kier alpha value is -3.57. The monoisotopic (exact) mass is 522 g/mol. The van der Waals surface area contributed by atoms with Gasteiger partial charge in [0.05, 0.1) is 24.4 Å². The van der Waals surface area contributed by atoms with Crippen LogP contribution >= 0.6 is 11.6 Å². The van der Waals surface area contributed by atoms with Gasteiger partial charge in [0.15, 0.2) is 0 Å². The van der Waals surface area contributed by atoms with Crippen LogP contribution in [0.15, 0.2) is 64.8 Å². The summed E-state index contributed by atoms with van der Waals surface area (Å²) >= 11 is 6.03. The molecule has 3 rings (SSSR count). The van der Waals surface area contributed by atoms with E-state index in [2.05, 4.69) is 15.6 Å². The number of amidine groups is 1. The second-order valence-corrected chi connectivity index (χ2v) is 8.48. The van der Waals surface area contributed by atoms with Gasteiger partial charge in [0.1, 0.15) is 11.6 Å². The molecule has 6 N–H and O–H groups in total. The number of carbonyl (C=O) groups excluding carboxylic acids is 1. The van der Waals surface area contributed by atoms with Crippen LogP contribution in [0.1, 0.15) is 18.4 Å². The predicted molar refractivity (Wildman–Crippen MR) is 133 cm³/mol. The molecule has 0 aliphatic carbocycles. The van der Waals surface area contributed by atoms with Gasteiger partial charge in [-0.05, 0) is 61.0 Å². The zero-order valence-corrected chi connectivity index (χ0v) is 20.0. The average molecular weight is 523 g/mol. The molecular weight excluding hydrogens is 497 g/mol. The fraction of sp³-hybridized carbons (Fsp3) is 0.292. The van der Waals surface area contributed by atoms with E-state index in [1.165, 1.54) is 24.3 Å². The number of carbonyl (C=O) groups is 1. The first-order valence-corrected chi connectivity index (χ1v) is 11.4. The number of hydrogen-bond acceptors (Lipinski definition) is 6. The third-order valence-corrected chi connectivity index (χ3v) is 5.59. The number of halogens is 4. The molecule has 12 heteroatoms. The molecule has 0 atom stereocenters. The molecule has 36 heavy (non-hydrogen) atoms. The first-order chi connectivity index (χ1) is 17.0. The fourth-order valence-corrected chi connectivity index (χ4v) is 3.71. The Labute approximate surface area is 211 Å². The fourth-order valence-electron chi connectivity index (χ4n) is 3.53. The van der Waals surface area contributed by atoms with Crippen LogP contribution in [-0.4, -0.2) is 59.9 Å². The van der Waals surface area contributed by atoms with Crippen LogP contribution in [0.4, 0.5) is 23.7 Å². The molecule has 2 aromatic carbocycles. The lowest BCUT2D eigenvalue weighted by Gasteiger charge is -2.25. The van der Waals surface area contributed by atoms with Gasteiger partial charge in [0.2, 0.25) is 0 Å². The molecule has 8 nitrogen and oxygen atoms in total. The number of urea groups is 1. The number of alkyl halides is 3. The number of benzene rings is 2. The van der Waals surface area contributed by atoms with Crippen LogP contribution in [0.2, 0.25) is 5.02 Å². The molecule has 2 amide bonds. The molecule has 192 valence electrons. The van der Waals surface area contributed by atoms with E-state index in [1.807, 2.05) is 0 Å². The van der Waals surface area contributed by atoms with E-state index >= 15 is 0 Å². The molecular formula is C24H26ClF3N6O2. The minimum atomic E-state index is -4.52. The zero-order chi connectivity index (χ0) is 26.3. The van der Waals surface area contributed by atoms with Crippen molar-refractivity contribution in [3.8, 4) is 5.75 Å². The molecule has 1 saturated heterocycles. The summed E-state index contributed by atoms with van der Waals surface area (Å²) in [5.41, 5.74) is 8.79. The Balaban J connectivity index is 1.78. The highest BCUT2D eigenvalue weighted by atomic mass is 35.5. The summed E-state index contributed by atoms with van der Waals surface area (Å²) in [7, 11) is 0. The minimum absolute atomic E-state index is 0.0746. The summed E-state index contributed by atoms with van der Waals surface area (Å²) in [6.07, 6.45) is -5.27. The average Bonchev–Trinajstić information content (AvgIpc) is 2.82. The molecule has 0 radical (unpaired) electrons. The van der Waals surface area contributed by atoms with Crippen molar-refractivity contribution in [3.05, 3.63) is 70.4 Å². The number of aromatic hydroxyl groups is 1. The van der Waals surface area contributed by atoms with Gasteiger partial charge in [0.25, 0.3) is 0 Å². The van der Waals surface area contributed by atoms with Gasteiger partial charge in [-0.3, -0.25) is 15.3 Å². The normalized spacial score (nSPS) is 16.5. The van der Waals surface area contributed by atoms with Crippen LogP contribution in [0.5, 0.6) is 5.75 Å². The van der Waals surface area contributed by atoms with Crippen molar-refractivity contribution in [2.24, 2.45) is 10.7 Å². The van der Waals surface area contributed by atoms with Crippen LogP contribution in [-0.2, 0) is 0 Å². The molecule has 1 aliphatic rings. The Kier molecular flexibility index (Phi) is 8.94. The predicted octanol–water partition coefficient (Wildman–Crippen LogP) is 4.31. The van der Waals surface area contributed by atoms with Crippen LogP contribution in [0.25, 0.3) is 0 Å². The summed E-state index contributed by atoms with van der Waals surface area (Å²) in [5, 5.41) is 24.0. The van der Waals surface area contributed by atoms with E-state index < -0.39 is 31.0 Å². The van der Waals surface area contributed by atoms with Crippen LogP contribution in [0, 0.1) is 5.41 Å². The standard InChI is InChI=1S/C24H26ClF3N6O2/c25-16-2-1-3-17(12-16)33-21-14-31-10-8-19(21)20(29)13-32-23(36)34(11-9-24(26,27)28)22(30)15-4-6-18(35)7-5-15/h1-7,12,30-31,35H,8-11,13-14,29H2,(H,32,36)/b20-19-,30-22?,33-21?. The number of piperidine rings is 1. The number of hydrogen-bond donors (Lipinski definition) is 5. The molecule has 0 saturated carbocycles. The van der Waals surface area contributed by atoms with E-state index in [0.29, 0.717) is 46.5 Å².